The van der Waals surface area contributed by atoms with Crippen LogP contribution in [0.3, 0.4) is 0 Å². The Kier molecular flexibility index (Phi) is 6.18. The summed E-state index contributed by atoms with van der Waals surface area (Å²) in [6.45, 7) is 2.47. The SMILES string of the molecule is COc1cccc(C(CNC(=O)C2CNCCO2)N(C)C)c1. The molecule has 22 heavy (non-hydrogen) atoms. The van der Waals surface area contributed by atoms with Gasteiger partial charge in [-0.2, -0.15) is 0 Å². The molecule has 0 bridgehead atoms. The molecule has 0 spiro atoms. The highest BCUT2D eigenvalue weighted by Gasteiger charge is 2.23. The predicted molar refractivity (Wildman–Crippen MR) is 85.0 cm³/mol. The van der Waals surface area contributed by atoms with Crippen LogP contribution in [0.2, 0.25) is 0 Å². The maximum absolute atomic E-state index is 12.2. The van der Waals surface area contributed by atoms with Gasteiger partial charge in [0.15, 0.2) is 0 Å². The number of nitrogens with one attached hydrogen (secondary N) is 2. The van der Waals surface area contributed by atoms with Crippen molar-refractivity contribution < 1.29 is 14.3 Å². The Labute approximate surface area is 131 Å². The number of nitrogens with zero attached hydrogens (tertiary/aromatic N) is 1. The number of amides is 1. The Morgan fingerprint density at radius 2 is 2.36 bits per heavy atom. The number of methoxy groups -OCH3 is 1. The summed E-state index contributed by atoms with van der Waals surface area (Å²) in [4.78, 5) is 14.2. The summed E-state index contributed by atoms with van der Waals surface area (Å²) in [6, 6.07) is 7.99. The molecule has 122 valence electrons. The summed E-state index contributed by atoms with van der Waals surface area (Å²) in [7, 11) is 5.64. The monoisotopic (exact) mass is 307 g/mol. The van der Waals surface area contributed by atoms with E-state index in [1.807, 2.05) is 38.4 Å². The predicted octanol–water partition coefficient (Wildman–Crippen LogP) is 0.403. The average Bonchev–Trinajstić information content (AvgIpc) is 2.55. The van der Waals surface area contributed by atoms with E-state index in [-0.39, 0.29) is 11.9 Å². The summed E-state index contributed by atoms with van der Waals surface area (Å²) in [5, 5.41) is 6.14. The van der Waals surface area contributed by atoms with Crippen LogP contribution in [0.25, 0.3) is 0 Å². The lowest BCUT2D eigenvalue weighted by Gasteiger charge is -2.27. The molecule has 0 aliphatic carbocycles. The van der Waals surface area contributed by atoms with Gasteiger partial charge in [0.25, 0.3) is 5.91 Å². The Balaban J connectivity index is 1.97. The minimum Gasteiger partial charge on any atom is -0.497 e. The van der Waals surface area contributed by atoms with E-state index in [2.05, 4.69) is 15.5 Å². The fraction of sp³-hybridized carbons (Fsp3) is 0.562. The molecule has 6 nitrogen and oxygen atoms in total. The molecule has 0 radical (unpaired) electrons. The molecule has 6 heteroatoms. The van der Waals surface area contributed by atoms with Crippen LogP contribution in [0.5, 0.6) is 5.75 Å². The topological polar surface area (TPSA) is 62.8 Å². The summed E-state index contributed by atoms with van der Waals surface area (Å²) >= 11 is 0. The van der Waals surface area contributed by atoms with Crippen LogP contribution in [0.4, 0.5) is 0 Å². The Bertz CT molecular complexity index is 487. The zero-order valence-electron chi connectivity index (χ0n) is 13.5. The number of benzene rings is 1. The fourth-order valence-corrected chi connectivity index (χ4v) is 2.49. The van der Waals surface area contributed by atoms with Crippen molar-refractivity contribution in [3.05, 3.63) is 29.8 Å². The molecule has 2 atom stereocenters. The van der Waals surface area contributed by atoms with Crippen LogP contribution in [-0.4, -0.2) is 64.4 Å². The van der Waals surface area contributed by atoms with Gasteiger partial charge in [-0.05, 0) is 31.8 Å². The second kappa shape index (κ2) is 8.12. The van der Waals surface area contributed by atoms with Gasteiger partial charge in [-0.1, -0.05) is 12.1 Å². The van der Waals surface area contributed by atoms with Crippen molar-refractivity contribution in [1.82, 2.24) is 15.5 Å². The quantitative estimate of drug-likeness (QED) is 0.797. The largest absolute Gasteiger partial charge is 0.497 e. The van der Waals surface area contributed by atoms with Crippen LogP contribution in [0, 0.1) is 0 Å². The van der Waals surface area contributed by atoms with Crippen LogP contribution in [0.1, 0.15) is 11.6 Å². The van der Waals surface area contributed by atoms with Crippen molar-refractivity contribution in [1.29, 1.82) is 0 Å². The number of hydrogen-bond donors (Lipinski definition) is 2. The lowest BCUT2D eigenvalue weighted by molar-refractivity contribution is -0.134. The van der Waals surface area contributed by atoms with Crippen molar-refractivity contribution in [3.8, 4) is 5.75 Å². The highest BCUT2D eigenvalue weighted by atomic mass is 16.5. The molecule has 0 aromatic heterocycles. The van der Waals surface area contributed by atoms with Crippen LogP contribution in [0.15, 0.2) is 24.3 Å². The normalized spacial score (nSPS) is 19.7. The first-order valence-electron chi connectivity index (χ1n) is 7.52. The minimum atomic E-state index is -0.401. The van der Waals surface area contributed by atoms with Gasteiger partial charge in [0.05, 0.1) is 19.8 Å². The molecule has 1 saturated heterocycles. The zero-order chi connectivity index (χ0) is 15.9. The molecule has 1 fully saturated rings. The van der Waals surface area contributed by atoms with Crippen molar-refractivity contribution in [2.45, 2.75) is 12.1 Å². The lowest BCUT2D eigenvalue weighted by Crippen LogP contribution is -2.49. The van der Waals surface area contributed by atoms with E-state index in [1.165, 1.54) is 0 Å². The van der Waals surface area contributed by atoms with Gasteiger partial charge in [-0.3, -0.25) is 4.79 Å². The molecule has 1 aromatic rings. The molecule has 2 unspecified atom stereocenters. The maximum atomic E-state index is 12.2. The first kappa shape index (κ1) is 16.7. The van der Waals surface area contributed by atoms with Crippen LogP contribution < -0.4 is 15.4 Å². The molecule has 1 aliphatic heterocycles. The molecule has 1 amide bonds. The third-order valence-electron chi connectivity index (χ3n) is 3.79. The number of likely N-dealkylation sites (N-methyl/N-ethyl adjacent to an activating group) is 1. The van der Waals surface area contributed by atoms with E-state index in [0.29, 0.717) is 19.7 Å². The third-order valence-corrected chi connectivity index (χ3v) is 3.79. The molecular formula is C16H25N3O3. The zero-order valence-corrected chi connectivity index (χ0v) is 13.5. The van der Waals surface area contributed by atoms with Gasteiger partial charge < -0.3 is 25.0 Å². The van der Waals surface area contributed by atoms with Gasteiger partial charge in [0.1, 0.15) is 11.9 Å². The average molecular weight is 307 g/mol. The van der Waals surface area contributed by atoms with Crippen molar-refractivity contribution in [3.63, 3.8) is 0 Å². The van der Waals surface area contributed by atoms with Gasteiger partial charge >= 0.3 is 0 Å². The first-order chi connectivity index (χ1) is 10.6. The number of carbonyl (C=O) groups excluding carboxylic acids is 1. The number of rotatable bonds is 6. The summed E-state index contributed by atoms with van der Waals surface area (Å²) < 4.78 is 10.7. The molecule has 2 N–H and O–H groups in total. The standard InChI is InChI=1S/C16H25N3O3/c1-19(2)14(12-5-4-6-13(9-12)21-3)10-18-16(20)15-11-17-7-8-22-15/h4-6,9,14-15,17H,7-8,10-11H2,1-3H3,(H,18,20). The number of morpholine rings is 1. The fourth-order valence-electron chi connectivity index (χ4n) is 2.49. The van der Waals surface area contributed by atoms with Gasteiger partial charge in [0, 0.05) is 19.6 Å². The molecule has 2 rings (SSSR count). The maximum Gasteiger partial charge on any atom is 0.250 e. The number of ether oxygens (including phenoxy) is 2. The summed E-state index contributed by atoms with van der Waals surface area (Å²) in [5.74, 6) is 0.748. The molecule has 1 aliphatic rings. The summed E-state index contributed by atoms with van der Waals surface area (Å²) in [5.41, 5.74) is 1.10. The third kappa shape index (κ3) is 4.43. The number of hydrogen-bond acceptors (Lipinski definition) is 5. The Morgan fingerprint density at radius 1 is 1.55 bits per heavy atom. The van der Waals surface area contributed by atoms with Crippen molar-refractivity contribution in [2.75, 3.05) is 47.4 Å². The van der Waals surface area contributed by atoms with E-state index in [0.717, 1.165) is 17.9 Å². The highest BCUT2D eigenvalue weighted by molar-refractivity contribution is 5.81. The van der Waals surface area contributed by atoms with Crippen LogP contribution in [-0.2, 0) is 9.53 Å². The van der Waals surface area contributed by atoms with E-state index < -0.39 is 6.10 Å². The van der Waals surface area contributed by atoms with E-state index in [4.69, 9.17) is 9.47 Å². The van der Waals surface area contributed by atoms with E-state index >= 15 is 0 Å². The Morgan fingerprint density at radius 3 is 3.00 bits per heavy atom. The van der Waals surface area contributed by atoms with Crippen molar-refractivity contribution in [2.24, 2.45) is 0 Å². The lowest BCUT2D eigenvalue weighted by atomic mass is 10.1. The van der Waals surface area contributed by atoms with Gasteiger partial charge in [-0.25, -0.2) is 0 Å². The second-order valence-electron chi connectivity index (χ2n) is 5.56. The molecule has 1 heterocycles. The Hall–Kier alpha value is -1.63. The number of carbonyl (C=O) groups is 1. The second-order valence-corrected chi connectivity index (χ2v) is 5.56. The molecule has 0 saturated carbocycles. The van der Waals surface area contributed by atoms with Crippen molar-refractivity contribution >= 4 is 5.91 Å². The van der Waals surface area contributed by atoms with Crippen LogP contribution >= 0.6 is 0 Å². The first-order valence-corrected chi connectivity index (χ1v) is 7.52. The van der Waals surface area contributed by atoms with Gasteiger partial charge in [0.2, 0.25) is 0 Å². The smallest absolute Gasteiger partial charge is 0.250 e. The molecule has 1 aromatic carbocycles. The van der Waals surface area contributed by atoms with E-state index in [9.17, 15) is 4.79 Å². The van der Waals surface area contributed by atoms with E-state index in [1.54, 1.807) is 7.11 Å². The van der Waals surface area contributed by atoms with Gasteiger partial charge in [-0.15, -0.1) is 0 Å². The summed E-state index contributed by atoms with van der Waals surface area (Å²) in [6.07, 6.45) is -0.401. The molecular weight excluding hydrogens is 282 g/mol. The minimum absolute atomic E-state index is 0.0676. The highest BCUT2D eigenvalue weighted by Crippen LogP contribution is 2.22.